The van der Waals surface area contributed by atoms with Crippen LogP contribution in [0.5, 0.6) is 0 Å². The predicted octanol–water partition coefficient (Wildman–Crippen LogP) is 2.22. The Hall–Kier alpha value is -1.88. The minimum atomic E-state index is -0.153. The number of amides is 2. The number of nitrogens with one attached hydrogen (secondary N) is 1. The zero-order chi connectivity index (χ0) is 17.0. The minimum absolute atomic E-state index is 0.0297. The molecule has 2 atom stereocenters. The van der Waals surface area contributed by atoms with Crippen molar-refractivity contribution in [1.82, 2.24) is 4.90 Å². The summed E-state index contributed by atoms with van der Waals surface area (Å²) < 4.78 is 0. The fourth-order valence-corrected chi connectivity index (χ4v) is 3.21. The van der Waals surface area contributed by atoms with E-state index in [1.54, 1.807) is 4.90 Å². The number of hydrogen-bond acceptors (Lipinski definition) is 3. The Kier molecular flexibility index (Phi) is 5.77. The van der Waals surface area contributed by atoms with Crippen molar-refractivity contribution < 1.29 is 9.59 Å². The van der Waals surface area contributed by atoms with Gasteiger partial charge < -0.3 is 16.0 Å². The number of nitrogens with two attached hydrogens (primary N) is 1. The van der Waals surface area contributed by atoms with Crippen LogP contribution in [0.4, 0.5) is 5.69 Å². The molecule has 2 unspecified atom stereocenters. The highest BCUT2D eigenvalue weighted by molar-refractivity contribution is 5.96. The highest BCUT2D eigenvalue weighted by atomic mass is 16.2. The van der Waals surface area contributed by atoms with Gasteiger partial charge in [0.1, 0.15) is 0 Å². The van der Waals surface area contributed by atoms with E-state index < -0.39 is 0 Å². The van der Waals surface area contributed by atoms with E-state index in [4.69, 9.17) is 5.73 Å². The van der Waals surface area contributed by atoms with Crippen LogP contribution in [0.25, 0.3) is 0 Å². The molecule has 1 aliphatic rings. The Bertz CT molecular complexity index is 565. The second-order valence-corrected chi connectivity index (χ2v) is 6.44. The lowest BCUT2D eigenvalue weighted by Gasteiger charge is -2.24. The molecule has 2 amide bonds. The Labute approximate surface area is 138 Å². The largest absolute Gasteiger partial charge is 0.333 e. The molecule has 5 heteroatoms. The summed E-state index contributed by atoms with van der Waals surface area (Å²) in [7, 11) is 0. The summed E-state index contributed by atoms with van der Waals surface area (Å²) in [4.78, 5) is 26.5. The average molecular weight is 317 g/mol. The summed E-state index contributed by atoms with van der Waals surface area (Å²) in [5.41, 5.74) is 8.77. The summed E-state index contributed by atoms with van der Waals surface area (Å²) in [5.74, 6) is -0.130. The van der Waals surface area contributed by atoms with E-state index in [0.29, 0.717) is 6.54 Å². The fourth-order valence-electron chi connectivity index (χ4n) is 3.21. The molecular weight excluding hydrogens is 290 g/mol. The molecule has 1 aromatic carbocycles. The number of para-hydroxylation sites is 1. The van der Waals surface area contributed by atoms with Crippen LogP contribution in [-0.2, 0) is 9.59 Å². The molecule has 0 bridgehead atoms. The van der Waals surface area contributed by atoms with Crippen LogP contribution in [0, 0.1) is 19.8 Å². The molecule has 0 aromatic heterocycles. The number of carbonyl (C=O) groups excluding carboxylic acids is 2. The maximum atomic E-state index is 12.5. The van der Waals surface area contributed by atoms with Gasteiger partial charge in [-0.15, -0.1) is 0 Å². The fraction of sp³-hybridized carbons (Fsp3) is 0.556. The van der Waals surface area contributed by atoms with Crippen LogP contribution in [0.1, 0.15) is 37.3 Å². The normalized spacial score (nSPS) is 20.3. The molecule has 23 heavy (non-hydrogen) atoms. The molecule has 0 spiro atoms. The highest BCUT2D eigenvalue weighted by Crippen LogP contribution is 2.26. The molecule has 5 nitrogen and oxygen atoms in total. The molecular formula is C18H27N3O2. The van der Waals surface area contributed by atoms with Gasteiger partial charge in [0.05, 0.1) is 6.54 Å². The van der Waals surface area contributed by atoms with Gasteiger partial charge in [-0.1, -0.05) is 18.2 Å². The first-order chi connectivity index (χ1) is 10.9. The smallest absolute Gasteiger partial charge is 0.244 e. The van der Waals surface area contributed by atoms with E-state index in [9.17, 15) is 9.59 Å². The molecule has 1 aliphatic carbocycles. The van der Waals surface area contributed by atoms with E-state index in [-0.39, 0.29) is 30.3 Å². The first-order valence-corrected chi connectivity index (χ1v) is 8.32. The van der Waals surface area contributed by atoms with Crippen molar-refractivity contribution in [3.8, 4) is 0 Å². The van der Waals surface area contributed by atoms with Crippen LogP contribution in [0.2, 0.25) is 0 Å². The second kappa shape index (κ2) is 7.59. The zero-order valence-electron chi connectivity index (χ0n) is 14.3. The van der Waals surface area contributed by atoms with E-state index >= 15 is 0 Å². The van der Waals surface area contributed by atoms with Gasteiger partial charge in [0.25, 0.3) is 0 Å². The van der Waals surface area contributed by atoms with Crippen molar-refractivity contribution in [2.45, 2.75) is 46.1 Å². The minimum Gasteiger partial charge on any atom is -0.333 e. The van der Waals surface area contributed by atoms with E-state index in [2.05, 4.69) is 5.32 Å². The lowest BCUT2D eigenvalue weighted by Crippen LogP contribution is -2.41. The number of rotatable bonds is 5. The van der Waals surface area contributed by atoms with E-state index in [1.807, 2.05) is 39.0 Å². The second-order valence-electron chi connectivity index (χ2n) is 6.44. The van der Waals surface area contributed by atoms with Crippen molar-refractivity contribution >= 4 is 17.5 Å². The van der Waals surface area contributed by atoms with Gasteiger partial charge in [-0.05, 0) is 51.2 Å². The highest BCUT2D eigenvalue weighted by Gasteiger charge is 2.31. The number of hydrogen-bond donors (Lipinski definition) is 2. The third kappa shape index (κ3) is 4.32. The Morgan fingerprint density at radius 3 is 2.43 bits per heavy atom. The van der Waals surface area contributed by atoms with Crippen LogP contribution < -0.4 is 11.1 Å². The average Bonchev–Trinajstić information content (AvgIpc) is 2.94. The summed E-state index contributed by atoms with van der Waals surface area (Å²) in [5, 5.41) is 2.94. The van der Waals surface area contributed by atoms with Gasteiger partial charge >= 0.3 is 0 Å². The van der Waals surface area contributed by atoms with Crippen LogP contribution in [0.15, 0.2) is 18.2 Å². The standard InChI is InChI=1S/C18H27N3O2/c1-4-21(18(23)14-8-9-15(19)10-14)11-16(22)20-17-12(2)6-5-7-13(17)3/h5-7,14-15H,4,8-11,19H2,1-3H3,(H,20,22). The van der Waals surface area contributed by atoms with E-state index in [0.717, 1.165) is 36.1 Å². The number of likely N-dealkylation sites (N-methyl/N-ethyl adjacent to an activating group) is 1. The molecule has 0 aliphatic heterocycles. The van der Waals surface area contributed by atoms with E-state index in [1.165, 1.54) is 0 Å². The Morgan fingerprint density at radius 1 is 1.26 bits per heavy atom. The summed E-state index contributed by atoms with van der Waals surface area (Å²) >= 11 is 0. The van der Waals surface area contributed by atoms with Gasteiger partial charge in [0.15, 0.2) is 0 Å². The van der Waals surface area contributed by atoms with Crippen molar-refractivity contribution in [3.05, 3.63) is 29.3 Å². The van der Waals surface area contributed by atoms with Crippen LogP contribution in [0.3, 0.4) is 0 Å². The predicted molar refractivity (Wildman–Crippen MR) is 92.1 cm³/mol. The van der Waals surface area contributed by atoms with Crippen LogP contribution in [-0.4, -0.2) is 35.8 Å². The molecule has 1 aromatic rings. The number of aryl methyl sites for hydroxylation is 2. The molecule has 1 saturated carbocycles. The topological polar surface area (TPSA) is 75.4 Å². The first-order valence-electron chi connectivity index (χ1n) is 8.32. The SMILES string of the molecule is CCN(CC(=O)Nc1c(C)cccc1C)C(=O)C1CCC(N)C1. The zero-order valence-corrected chi connectivity index (χ0v) is 14.3. The monoisotopic (exact) mass is 317 g/mol. The van der Waals surface area contributed by atoms with Crippen LogP contribution >= 0.6 is 0 Å². The van der Waals surface area contributed by atoms with Gasteiger partial charge in [-0.2, -0.15) is 0 Å². The molecule has 0 heterocycles. The Balaban J connectivity index is 1.98. The summed E-state index contributed by atoms with van der Waals surface area (Å²) in [6.07, 6.45) is 2.45. The molecule has 2 rings (SSSR count). The molecule has 1 fully saturated rings. The molecule has 3 N–H and O–H groups in total. The Morgan fingerprint density at radius 2 is 1.91 bits per heavy atom. The first kappa shape index (κ1) is 17.5. The van der Waals surface area contributed by atoms with Gasteiger partial charge in [0.2, 0.25) is 11.8 Å². The molecule has 0 saturated heterocycles. The van der Waals surface area contributed by atoms with Crippen molar-refractivity contribution in [3.63, 3.8) is 0 Å². The van der Waals surface area contributed by atoms with Crippen molar-refractivity contribution in [2.75, 3.05) is 18.4 Å². The summed E-state index contributed by atoms with van der Waals surface area (Å²) in [6, 6.07) is 6.01. The van der Waals surface area contributed by atoms with Crippen molar-refractivity contribution in [1.29, 1.82) is 0 Å². The quantitative estimate of drug-likeness (QED) is 0.874. The number of nitrogens with zero attached hydrogens (tertiary/aromatic N) is 1. The third-order valence-electron chi connectivity index (χ3n) is 4.60. The third-order valence-corrected chi connectivity index (χ3v) is 4.60. The lowest BCUT2D eigenvalue weighted by atomic mass is 10.1. The van der Waals surface area contributed by atoms with Gasteiger partial charge in [-0.25, -0.2) is 0 Å². The number of carbonyl (C=O) groups is 2. The maximum Gasteiger partial charge on any atom is 0.244 e. The lowest BCUT2D eigenvalue weighted by molar-refractivity contribution is -0.138. The summed E-state index contributed by atoms with van der Waals surface area (Å²) in [6.45, 7) is 6.45. The van der Waals surface area contributed by atoms with Gasteiger partial charge in [-0.3, -0.25) is 9.59 Å². The van der Waals surface area contributed by atoms with Crippen molar-refractivity contribution in [2.24, 2.45) is 11.7 Å². The molecule has 126 valence electrons. The van der Waals surface area contributed by atoms with Gasteiger partial charge in [0, 0.05) is 24.2 Å². The maximum absolute atomic E-state index is 12.5. The number of benzene rings is 1. The number of anilines is 1. The molecule has 0 radical (unpaired) electrons.